The highest BCUT2D eigenvalue weighted by Gasteiger charge is 2.54. The van der Waals surface area contributed by atoms with Crippen molar-refractivity contribution >= 4 is 23.8 Å². The Morgan fingerprint density at radius 3 is 2.57 bits per heavy atom. The molecule has 198 valence electrons. The van der Waals surface area contributed by atoms with Gasteiger partial charge < -0.3 is 20.7 Å². The topological polar surface area (TPSA) is 122 Å². The normalized spacial score (nSPS) is 23.8. The summed E-state index contributed by atoms with van der Waals surface area (Å²) in [5.41, 5.74) is 4.91. The number of rotatable bonds is 6. The van der Waals surface area contributed by atoms with Crippen LogP contribution in [0.1, 0.15) is 25.3 Å². The largest absolute Gasteiger partial charge is 0.436 e. The predicted molar refractivity (Wildman–Crippen MR) is 120 cm³/mol. The fourth-order valence-electron chi connectivity index (χ4n) is 4.80. The molecule has 0 radical (unpaired) electrons. The number of hydrogen-bond donors (Lipinski definition) is 2. The minimum absolute atomic E-state index is 0.146. The standard InChI is InChI=1S/C24H24F4N4O5/c1-13(24(26,27)28)32(10-14-2-4-15(25)5-3-14)19(33)11-31-12-23(37-22(31)36)9-8-16-17(23)6-7-18(20(16)34)30-21(29)35/h2-7,13,18H,8-12H2,1H3,(H3,29,30,35)/t13-,18?,23-/m0/s1. The molecule has 0 saturated carbocycles. The number of alkyl halides is 3. The first-order valence-corrected chi connectivity index (χ1v) is 11.4. The van der Waals surface area contributed by atoms with Crippen LogP contribution >= 0.6 is 0 Å². The van der Waals surface area contributed by atoms with Gasteiger partial charge in [0.15, 0.2) is 11.4 Å². The minimum Gasteiger partial charge on any atom is -0.436 e. The van der Waals surface area contributed by atoms with Crippen LogP contribution in [0.25, 0.3) is 0 Å². The van der Waals surface area contributed by atoms with E-state index in [-0.39, 0.29) is 24.9 Å². The third kappa shape index (κ3) is 5.16. The van der Waals surface area contributed by atoms with E-state index >= 15 is 0 Å². The highest BCUT2D eigenvalue weighted by Crippen LogP contribution is 2.45. The second kappa shape index (κ2) is 9.52. The molecule has 1 unspecified atom stereocenters. The van der Waals surface area contributed by atoms with E-state index in [9.17, 15) is 36.7 Å². The first kappa shape index (κ1) is 26.2. The number of halogens is 4. The summed E-state index contributed by atoms with van der Waals surface area (Å²) in [7, 11) is 0. The lowest BCUT2D eigenvalue weighted by atomic mass is 9.89. The predicted octanol–water partition coefficient (Wildman–Crippen LogP) is 2.56. The van der Waals surface area contributed by atoms with Gasteiger partial charge in [0.2, 0.25) is 5.91 Å². The number of carbonyl (C=O) groups excluding carboxylic acids is 4. The van der Waals surface area contributed by atoms with Crippen LogP contribution in [0, 0.1) is 5.82 Å². The quantitative estimate of drug-likeness (QED) is 0.554. The summed E-state index contributed by atoms with van der Waals surface area (Å²) < 4.78 is 59.5. The van der Waals surface area contributed by atoms with Crippen molar-refractivity contribution in [3.63, 3.8) is 0 Å². The highest BCUT2D eigenvalue weighted by atomic mass is 19.4. The molecule has 13 heteroatoms. The molecule has 9 nitrogen and oxygen atoms in total. The maximum absolute atomic E-state index is 13.6. The SMILES string of the molecule is C[C@H](N(Cc1ccc(F)cc1)C(=O)CN1C[C@]2(CCC3=C2C=CC(NC(N)=O)C3=O)OC1=O)C(F)(F)F. The van der Waals surface area contributed by atoms with E-state index in [0.717, 1.165) is 24.0 Å². The average Bonchev–Trinajstić information content (AvgIpc) is 3.33. The van der Waals surface area contributed by atoms with Crippen LogP contribution in [0.5, 0.6) is 0 Å². The molecule has 4 amide bonds. The number of hydrogen-bond acceptors (Lipinski definition) is 5. The molecule has 3 N–H and O–H groups in total. The van der Waals surface area contributed by atoms with Gasteiger partial charge in [-0.1, -0.05) is 24.3 Å². The highest BCUT2D eigenvalue weighted by molar-refractivity contribution is 6.05. The second-order valence-electron chi connectivity index (χ2n) is 9.19. The number of ether oxygens (including phenoxy) is 1. The molecule has 1 aromatic carbocycles. The number of nitrogens with two attached hydrogens (primary N) is 1. The summed E-state index contributed by atoms with van der Waals surface area (Å²) >= 11 is 0. The van der Waals surface area contributed by atoms with Crippen LogP contribution in [0.4, 0.5) is 27.2 Å². The van der Waals surface area contributed by atoms with E-state index in [4.69, 9.17) is 10.5 Å². The molecule has 0 aromatic heterocycles. The van der Waals surface area contributed by atoms with Crippen molar-refractivity contribution in [2.45, 2.75) is 50.2 Å². The molecule has 1 aromatic rings. The van der Waals surface area contributed by atoms with Gasteiger partial charge in [-0.2, -0.15) is 13.2 Å². The smallest absolute Gasteiger partial charge is 0.411 e. The van der Waals surface area contributed by atoms with Crippen molar-refractivity contribution in [2.24, 2.45) is 5.73 Å². The number of carbonyl (C=O) groups is 4. The number of amides is 4. The first-order valence-electron chi connectivity index (χ1n) is 11.4. The Morgan fingerprint density at radius 1 is 1.27 bits per heavy atom. The third-order valence-corrected chi connectivity index (χ3v) is 6.77. The Kier molecular flexibility index (Phi) is 6.74. The molecule has 1 fully saturated rings. The van der Waals surface area contributed by atoms with E-state index in [2.05, 4.69) is 5.32 Å². The number of urea groups is 1. The Labute approximate surface area is 208 Å². The molecule has 4 rings (SSSR count). The van der Waals surface area contributed by atoms with Crippen molar-refractivity contribution in [2.75, 3.05) is 13.1 Å². The molecule has 3 aliphatic rings. The lowest BCUT2D eigenvalue weighted by Crippen LogP contribution is -2.50. The van der Waals surface area contributed by atoms with Gasteiger partial charge in [0.05, 0.1) is 6.54 Å². The molecule has 0 bridgehead atoms. The first-order chi connectivity index (χ1) is 17.3. The number of ketones is 1. The molecule has 1 spiro atoms. The zero-order valence-corrected chi connectivity index (χ0v) is 19.7. The van der Waals surface area contributed by atoms with E-state index < -0.39 is 66.6 Å². The van der Waals surface area contributed by atoms with E-state index in [1.54, 1.807) is 6.08 Å². The fourth-order valence-corrected chi connectivity index (χ4v) is 4.80. The Hall–Kier alpha value is -3.90. The molecule has 2 aliphatic carbocycles. The summed E-state index contributed by atoms with van der Waals surface area (Å²) in [4.78, 5) is 51.2. The minimum atomic E-state index is -4.74. The van der Waals surface area contributed by atoms with Gasteiger partial charge in [-0.25, -0.2) is 14.0 Å². The number of nitrogens with zero attached hydrogens (tertiary/aromatic N) is 2. The lowest BCUT2D eigenvalue weighted by molar-refractivity contribution is -0.187. The number of benzene rings is 1. The van der Waals surface area contributed by atoms with E-state index in [1.807, 2.05) is 0 Å². The fraction of sp³-hybridized carbons (Fsp3) is 0.417. The third-order valence-electron chi connectivity index (χ3n) is 6.77. The molecule has 1 heterocycles. The van der Waals surface area contributed by atoms with Crippen LogP contribution in [-0.2, 0) is 20.9 Å². The lowest BCUT2D eigenvalue weighted by Gasteiger charge is -2.32. The number of nitrogens with one attached hydrogen (secondary N) is 1. The van der Waals surface area contributed by atoms with Gasteiger partial charge >= 0.3 is 18.3 Å². The maximum atomic E-state index is 13.6. The van der Waals surface area contributed by atoms with Crippen molar-refractivity contribution in [3.05, 3.63) is 58.9 Å². The van der Waals surface area contributed by atoms with Gasteiger partial charge in [0.1, 0.15) is 24.4 Å². The van der Waals surface area contributed by atoms with Gasteiger partial charge in [-0.15, -0.1) is 0 Å². The molecule has 3 atom stereocenters. The van der Waals surface area contributed by atoms with Gasteiger partial charge in [-0.3, -0.25) is 14.5 Å². The molecular formula is C24H24F4N4O5. The van der Waals surface area contributed by atoms with Gasteiger partial charge in [0, 0.05) is 17.7 Å². The summed E-state index contributed by atoms with van der Waals surface area (Å²) in [5, 5.41) is 2.31. The molecular weight excluding hydrogens is 500 g/mol. The van der Waals surface area contributed by atoms with Crippen molar-refractivity contribution < 1.29 is 41.5 Å². The zero-order chi connectivity index (χ0) is 27.1. The zero-order valence-electron chi connectivity index (χ0n) is 19.7. The van der Waals surface area contributed by atoms with Crippen LogP contribution in [0.15, 0.2) is 47.6 Å². The number of fused-ring (bicyclic) bond motifs is 1. The monoisotopic (exact) mass is 524 g/mol. The van der Waals surface area contributed by atoms with Gasteiger partial charge in [0.25, 0.3) is 0 Å². The van der Waals surface area contributed by atoms with Crippen LogP contribution < -0.4 is 11.1 Å². The second-order valence-corrected chi connectivity index (χ2v) is 9.19. The Morgan fingerprint density at radius 2 is 1.95 bits per heavy atom. The average molecular weight is 524 g/mol. The maximum Gasteiger partial charge on any atom is 0.411 e. The van der Waals surface area contributed by atoms with Crippen molar-refractivity contribution in [1.82, 2.24) is 15.1 Å². The Balaban J connectivity index is 1.51. The molecule has 1 aliphatic heterocycles. The molecule has 37 heavy (non-hydrogen) atoms. The Bertz CT molecular complexity index is 1200. The summed E-state index contributed by atoms with van der Waals surface area (Å²) in [6, 6.07) is 0.693. The van der Waals surface area contributed by atoms with Gasteiger partial charge in [-0.05, 0) is 37.5 Å². The van der Waals surface area contributed by atoms with Crippen LogP contribution in [0.2, 0.25) is 0 Å². The van der Waals surface area contributed by atoms with Crippen LogP contribution in [0.3, 0.4) is 0 Å². The van der Waals surface area contributed by atoms with Crippen LogP contribution in [-0.4, -0.2) is 70.6 Å². The molecule has 1 saturated heterocycles. The van der Waals surface area contributed by atoms with E-state index in [0.29, 0.717) is 16.0 Å². The van der Waals surface area contributed by atoms with Crippen molar-refractivity contribution in [3.8, 4) is 0 Å². The summed E-state index contributed by atoms with van der Waals surface area (Å²) in [6.07, 6.45) is -2.21. The van der Waals surface area contributed by atoms with Crippen molar-refractivity contribution in [1.29, 1.82) is 0 Å². The summed E-state index contributed by atoms with van der Waals surface area (Å²) in [5.74, 6) is -1.95. The number of primary amides is 1. The van der Waals surface area contributed by atoms with E-state index in [1.165, 1.54) is 18.2 Å². The summed E-state index contributed by atoms with van der Waals surface area (Å²) in [6.45, 7) is -0.454. The number of Topliss-reactive ketones (excluding diaryl/α,β-unsaturated/α-hetero) is 1.